The fraction of sp³-hybridized carbons (Fsp3) is 0.0833. The molecule has 5 aromatic rings. The van der Waals surface area contributed by atoms with Crippen LogP contribution in [0.2, 0.25) is 0 Å². The molecule has 0 saturated carbocycles. The number of hydrogen-bond acceptors (Lipinski definition) is 7. The van der Waals surface area contributed by atoms with Gasteiger partial charge in [-0.2, -0.15) is 0 Å². The maximum absolute atomic E-state index is 11.8. The van der Waals surface area contributed by atoms with E-state index in [1.54, 1.807) is 58.3 Å². The summed E-state index contributed by atoms with van der Waals surface area (Å²) in [5.41, 5.74) is 5.39. The highest BCUT2D eigenvalue weighted by Crippen LogP contribution is 2.55. The predicted molar refractivity (Wildman–Crippen MR) is 144 cm³/mol. The highest BCUT2D eigenvalue weighted by Gasteiger charge is 2.23. The summed E-state index contributed by atoms with van der Waals surface area (Å²) in [4.78, 5) is 23.6. The van der Waals surface area contributed by atoms with Crippen LogP contribution in [-0.4, -0.2) is 26.2 Å². The van der Waals surface area contributed by atoms with Crippen molar-refractivity contribution >= 4 is 96.6 Å². The number of esters is 2. The molecule has 5 rings (SSSR count). The number of rotatable bonds is 4. The first-order valence-electron chi connectivity index (χ1n) is 9.63. The van der Waals surface area contributed by atoms with Crippen molar-refractivity contribution in [3.8, 4) is 22.3 Å². The van der Waals surface area contributed by atoms with Crippen molar-refractivity contribution < 1.29 is 19.1 Å². The molecule has 0 aliphatic heterocycles. The maximum Gasteiger partial charge on any atom is 0.337 e. The van der Waals surface area contributed by atoms with Crippen LogP contribution in [-0.2, 0) is 9.47 Å². The van der Waals surface area contributed by atoms with Gasteiger partial charge in [0.25, 0.3) is 0 Å². The Morgan fingerprint density at radius 3 is 1.30 bits per heavy atom. The average Bonchev–Trinajstić information content (AvgIpc) is 3.44. The van der Waals surface area contributed by atoms with Crippen molar-refractivity contribution in [1.29, 1.82) is 0 Å². The topological polar surface area (TPSA) is 52.6 Å². The number of methoxy groups -OCH3 is 2. The second kappa shape index (κ2) is 8.96. The second-order valence-corrected chi connectivity index (χ2v) is 12.8. The van der Waals surface area contributed by atoms with Gasteiger partial charge in [0.2, 0.25) is 0 Å². The van der Waals surface area contributed by atoms with Gasteiger partial charge in [-0.1, -0.05) is 24.3 Å². The molecule has 0 amide bonds. The van der Waals surface area contributed by atoms with Gasteiger partial charge in [-0.15, -0.1) is 34.0 Å². The van der Waals surface area contributed by atoms with Crippen molar-refractivity contribution in [3.63, 3.8) is 0 Å². The molecule has 0 radical (unpaired) electrons. The van der Waals surface area contributed by atoms with E-state index in [0.29, 0.717) is 11.1 Å². The minimum atomic E-state index is -0.347. The molecule has 166 valence electrons. The summed E-state index contributed by atoms with van der Waals surface area (Å²) in [7, 11) is 2.76. The van der Waals surface area contributed by atoms with Crippen molar-refractivity contribution in [2.24, 2.45) is 0 Å². The van der Waals surface area contributed by atoms with Crippen molar-refractivity contribution in [3.05, 3.63) is 67.2 Å². The summed E-state index contributed by atoms with van der Waals surface area (Å²) in [6, 6.07) is 15.0. The molecule has 0 unspecified atom stereocenters. The number of benzene rings is 2. The molecule has 0 fully saturated rings. The molecule has 0 saturated heterocycles. The molecule has 0 N–H and O–H groups in total. The third-order valence-corrected chi connectivity index (χ3v) is 10.6. The predicted octanol–water partition coefficient (Wildman–Crippen LogP) is 8.61. The van der Waals surface area contributed by atoms with E-state index in [2.05, 4.69) is 31.9 Å². The minimum Gasteiger partial charge on any atom is -0.465 e. The minimum absolute atomic E-state index is 0.347. The fourth-order valence-corrected chi connectivity index (χ4v) is 9.76. The zero-order valence-electron chi connectivity index (χ0n) is 17.2. The first-order chi connectivity index (χ1) is 15.9. The van der Waals surface area contributed by atoms with E-state index < -0.39 is 0 Å². The Hall–Kier alpha value is -2.04. The number of fused-ring (bicyclic) bond motifs is 3. The zero-order chi connectivity index (χ0) is 23.3. The largest absolute Gasteiger partial charge is 0.465 e. The van der Waals surface area contributed by atoms with Crippen LogP contribution in [0.3, 0.4) is 0 Å². The van der Waals surface area contributed by atoms with Gasteiger partial charge in [-0.05, 0) is 67.3 Å². The van der Waals surface area contributed by atoms with E-state index in [-0.39, 0.29) is 11.9 Å². The van der Waals surface area contributed by atoms with Crippen LogP contribution >= 0.6 is 65.9 Å². The van der Waals surface area contributed by atoms with E-state index in [0.717, 1.165) is 29.8 Å². The number of halogens is 2. The van der Waals surface area contributed by atoms with Gasteiger partial charge in [0.15, 0.2) is 0 Å². The van der Waals surface area contributed by atoms with Gasteiger partial charge >= 0.3 is 11.9 Å². The van der Waals surface area contributed by atoms with Crippen molar-refractivity contribution in [1.82, 2.24) is 0 Å². The number of ether oxygens (including phenoxy) is 2. The summed E-state index contributed by atoms with van der Waals surface area (Å²) in [6.45, 7) is 0. The van der Waals surface area contributed by atoms with Crippen LogP contribution in [0.1, 0.15) is 20.7 Å². The lowest BCUT2D eigenvalue weighted by atomic mass is 10.1. The number of hydrogen-bond donors (Lipinski definition) is 0. The van der Waals surface area contributed by atoms with Gasteiger partial charge in [-0.3, -0.25) is 0 Å². The quantitative estimate of drug-likeness (QED) is 0.189. The first-order valence-corrected chi connectivity index (χ1v) is 13.7. The Labute approximate surface area is 218 Å². The van der Waals surface area contributed by atoms with E-state index in [9.17, 15) is 9.59 Å². The third kappa shape index (κ3) is 3.85. The van der Waals surface area contributed by atoms with Crippen molar-refractivity contribution in [2.45, 2.75) is 0 Å². The molecular formula is C24H14Br2O4S3. The average molecular weight is 622 g/mol. The Balaban J connectivity index is 1.64. The highest BCUT2D eigenvalue weighted by atomic mass is 79.9. The SMILES string of the molecule is COC(=O)c1ccc(-c2c(Br)sc3c2sc2c(-c4ccc(C(=O)OC)cc4)c(Br)sc23)cc1. The maximum atomic E-state index is 11.8. The lowest BCUT2D eigenvalue weighted by Gasteiger charge is -2.04. The highest BCUT2D eigenvalue weighted by molar-refractivity contribution is 9.11. The van der Waals surface area contributed by atoms with Crippen LogP contribution in [0.4, 0.5) is 0 Å². The summed E-state index contributed by atoms with van der Waals surface area (Å²) in [6.07, 6.45) is 0. The molecular weight excluding hydrogens is 608 g/mol. The van der Waals surface area contributed by atoms with Crippen LogP contribution in [0.5, 0.6) is 0 Å². The number of thiophene rings is 3. The summed E-state index contributed by atoms with van der Waals surface area (Å²) >= 11 is 12.7. The Morgan fingerprint density at radius 2 is 0.970 bits per heavy atom. The molecule has 33 heavy (non-hydrogen) atoms. The number of carbonyl (C=O) groups excluding carboxylic acids is 2. The molecule has 2 aromatic carbocycles. The van der Waals surface area contributed by atoms with E-state index in [1.165, 1.54) is 33.0 Å². The summed E-state index contributed by atoms with van der Waals surface area (Å²) in [5.74, 6) is -0.694. The fourth-order valence-electron chi connectivity index (χ4n) is 3.65. The van der Waals surface area contributed by atoms with E-state index >= 15 is 0 Å². The smallest absolute Gasteiger partial charge is 0.337 e. The Bertz CT molecular complexity index is 1410. The Morgan fingerprint density at radius 1 is 0.606 bits per heavy atom. The van der Waals surface area contributed by atoms with Crippen LogP contribution in [0.25, 0.3) is 41.1 Å². The summed E-state index contributed by atoms with van der Waals surface area (Å²) in [5, 5.41) is 0. The molecule has 0 bridgehead atoms. The lowest BCUT2D eigenvalue weighted by Crippen LogP contribution is -2.00. The molecule has 0 spiro atoms. The monoisotopic (exact) mass is 620 g/mol. The van der Waals surface area contributed by atoms with Crippen molar-refractivity contribution in [2.75, 3.05) is 14.2 Å². The molecule has 0 atom stereocenters. The zero-order valence-corrected chi connectivity index (χ0v) is 22.9. The normalized spacial score (nSPS) is 11.3. The number of carbonyl (C=O) groups is 2. The summed E-state index contributed by atoms with van der Waals surface area (Å²) < 4.78 is 16.6. The van der Waals surface area contributed by atoms with E-state index in [1.807, 2.05) is 24.3 Å². The van der Waals surface area contributed by atoms with Gasteiger partial charge in [0.05, 0.1) is 51.7 Å². The van der Waals surface area contributed by atoms with Gasteiger partial charge < -0.3 is 9.47 Å². The van der Waals surface area contributed by atoms with Crippen LogP contribution in [0.15, 0.2) is 56.1 Å². The molecule has 4 nitrogen and oxygen atoms in total. The van der Waals surface area contributed by atoms with Crippen LogP contribution in [0, 0.1) is 0 Å². The molecule has 3 heterocycles. The van der Waals surface area contributed by atoms with Crippen LogP contribution < -0.4 is 0 Å². The Kier molecular flexibility index (Phi) is 6.17. The van der Waals surface area contributed by atoms with Gasteiger partial charge in [0.1, 0.15) is 0 Å². The molecule has 3 aromatic heterocycles. The lowest BCUT2D eigenvalue weighted by molar-refractivity contribution is 0.0592. The first kappa shape index (κ1) is 22.7. The standard InChI is InChI=1S/C24H14Br2O4S3/c1-29-23(27)13-7-3-11(4-8-13)15-17-19(32-21(15)25)20-18(31-17)16(22(26)33-20)12-5-9-14(10-6-12)24(28)30-2/h3-10H,1-2H3. The molecule has 9 heteroatoms. The van der Waals surface area contributed by atoms with Gasteiger partial charge in [-0.25, -0.2) is 9.59 Å². The molecule has 0 aliphatic rings. The molecule has 0 aliphatic carbocycles. The second-order valence-electron chi connectivity index (χ2n) is 7.06. The van der Waals surface area contributed by atoms with Gasteiger partial charge in [0, 0.05) is 11.1 Å². The third-order valence-electron chi connectivity index (χ3n) is 5.24. The van der Waals surface area contributed by atoms with E-state index in [4.69, 9.17) is 9.47 Å².